The molecule has 0 bridgehead atoms. The van der Waals surface area contributed by atoms with Crippen LogP contribution in [0.2, 0.25) is 0 Å². The van der Waals surface area contributed by atoms with Crippen molar-refractivity contribution in [3.63, 3.8) is 0 Å². The van der Waals surface area contributed by atoms with Crippen molar-refractivity contribution in [2.45, 2.75) is 13.8 Å². The number of carbonyl (C=O) groups is 3. The van der Waals surface area contributed by atoms with Crippen LogP contribution in [-0.2, 0) is 14.4 Å². The Balaban J connectivity index is 0.000000249. The maximum absolute atomic E-state index is 10.2. The van der Waals surface area contributed by atoms with Gasteiger partial charge in [0, 0.05) is 26.9 Å². The summed E-state index contributed by atoms with van der Waals surface area (Å²) in [5.74, 6) is -0.623. The zero-order chi connectivity index (χ0) is 11.1. The van der Waals surface area contributed by atoms with Gasteiger partial charge >= 0.3 is 0 Å². The van der Waals surface area contributed by atoms with Crippen molar-refractivity contribution in [3.8, 4) is 0 Å². The first-order chi connectivity index (χ1) is 6.47. The lowest BCUT2D eigenvalue weighted by atomic mass is 10.5. The van der Waals surface area contributed by atoms with E-state index in [2.05, 4.69) is 6.58 Å². The molecular weight excluding hydrogens is 184 g/mol. The van der Waals surface area contributed by atoms with Gasteiger partial charge in [0.1, 0.15) is 0 Å². The van der Waals surface area contributed by atoms with Gasteiger partial charge in [0.2, 0.25) is 17.7 Å². The van der Waals surface area contributed by atoms with E-state index < -0.39 is 5.91 Å². The molecule has 78 valence electrons. The number of nitrogens with one attached hydrogen (secondary N) is 1. The number of rotatable bonds is 1. The molecule has 0 aromatic carbocycles. The van der Waals surface area contributed by atoms with Gasteiger partial charge in [-0.05, 0) is 6.08 Å². The maximum Gasteiger partial charge on any atom is 0.249 e. The molecule has 3 amide bonds. The minimum absolute atomic E-state index is 0.204. The minimum Gasteiger partial charge on any atom is -0.339 e. The van der Waals surface area contributed by atoms with Gasteiger partial charge in [-0.3, -0.25) is 19.7 Å². The topological polar surface area (TPSA) is 66.2 Å². The van der Waals surface area contributed by atoms with Crippen LogP contribution in [0, 0.1) is 0 Å². The largest absolute Gasteiger partial charge is 0.339 e. The van der Waals surface area contributed by atoms with Gasteiger partial charge in [-0.2, -0.15) is 0 Å². The van der Waals surface area contributed by atoms with E-state index in [1.807, 2.05) is 5.32 Å². The van der Waals surface area contributed by atoms with Crippen molar-refractivity contribution < 1.29 is 14.4 Å². The summed E-state index contributed by atoms with van der Waals surface area (Å²) in [5, 5.41) is 2.00. The maximum atomic E-state index is 10.2. The molecule has 0 radical (unpaired) electrons. The van der Waals surface area contributed by atoms with Crippen molar-refractivity contribution in [3.05, 3.63) is 12.7 Å². The predicted molar refractivity (Wildman–Crippen MR) is 51.3 cm³/mol. The molecule has 1 aliphatic heterocycles. The van der Waals surface area contributed by atoms with E-state index >= 15 is 0 Å². The Morgan fingerprint density at radius 3 is 1.86 bits per heavy atom. The second-order valence-corrected chi connectivity index (χ2v) is 2.76. The lowest BCUT2D eigenvalue weighted by Crippen LogP contribution is -2.25. The quantitative estimate of drug-likeness (QED) is 0.464. The molecule has 5 heteroatoms. The third-order valence-electron chi connectivity index (χ3n) is 1.38. The molecule has 1 aliphatic rings. The van der Waals surface area contributed by atoms with Crippen molar-refractivity contribution in [2.24, 2.45) is 0 Å². The monoisotopic (exact) mass is 198 g/mol. The minimum atomic E-state index is -0.461. The van der Waals surface area contributed by atoms with Gasteiger partial charge < -0.3 is 4.90 Å². The molecule has 1 rings (SSSR count). The predicted octanol–water partition coefficient (Wildman–Crippen LogP) is -0.316. The molecular formula is C9H14N2O3. The van der Waals surface area contributed by atoms with E-state index in [1.165, 1.54) is 6.92 Å². The first-order valence-corrected chi connectivity index (χ1v) is 4.17. The van der Waals surface area contributed by atoms with Crippen LogP contribution in [0.5, 0.6) is 0 Å². The number of hydrogen-bond donors (Lipinski definition) is 1. The fourth-order valence-electron chi connectivity index (χ4n) is 0.589. The van der Waals surface area contributed by atoms with Gasteiger partial charge in [0.15, 0.2) is 0 Å². The molecule has 0 spiro atoms. The fraction of sp³-hybridized carbons (Fsp3) is 0.444. The van der Waals surface area contributed by atoms with Crippen LogP contribution in [0.4, 0.5) is 0 Å². The summed E-state index contributed by atoms with van der Waals surface area (Å²) < 4.78 is 0. The van der Waals surface area contributed by atoms with E-state index in [9.17, 15) is 14.4 Å². The Bertz CT molecular complexity index is 257. The highest BCUT2D eigenvalue weighted by molar-refractivity contribution is 5.99. The summed E-state index contributed by atoms with van der Waals surface area (Å²) in [7, 11) is 0. The summed E-state index contributed by atoms with van der Waals surface area (Å²) in [6.45, 7) is 7.97. The Hall–Kier alpha value is -1.65. The van der Waals surface area contributed by atoms with E-state index in [0.29, 0.717) is 0 Å². The fourth-order valence-corrected chi connectivity index (χ4v) is 0.589. The van der Waals surface area contributed by atoms with Crippen LogP contribution in [-0.4, -0.2) is 35.7 Å². The zero-order valence-corrected chi connectivity index (χ0v) is 8.37. The molecule has 0 aromatic heterocycles. The van der Waals surface area contributed by atoms with Gasteiger partial charge in [-0.25, -0.2) is 0 Å². The van der Waals surface area contributed by atoms with Crippen LogP contribution >= 0.6 is 0 Å². The van der Waals surface area contributed by atoms with Gasteiger partial charge in [0.25, 0.3) is 0 Å². The molecule has 0 aliphatic carbocycles. The standard InChI is InChI=1S/C5H7NO2.C4H7NO/c1-3-5(8)6-4(2)7;1-4(6)5-2-3-5/h3H,1H2,2H3,(H,6,7,8);2-3H2,1H3. The van der Waals surface area contributed by atoms with Crippen molar-refractivity contribution >= 4 is 17.7 Å². The van der Waals surface area contributed by atoms with Crippen LogP contribution in [0.1, 0.15) is 13.8 Å². The Kier molecular flexibility index (Phi) is 5.21. The van der Waals surface area contributed by atoms with Gasteiger partial charge in [-0.1, -0.05) is 6.58 Å². The summed E-state index contributed by atoms with van der Waals surface area (Å²) in [6.07, 6.45) is 1.04. The van der Waals surface area contributed by atoms with Crippen LogP contribution in [0.25, 0.3) is 0 Å². The zero-order valence-electron chi connectivity index (χ0n) is 8.37. The molecule has 0 aromatic rings. The lowest BCUT2D eigenvalue weighted by molar-refractivity contribution is -0.127. The molecule has 1 heterocycles. The Labute approximate surface area is 82.8 Å². The molecule has 1 fully saturated rings. The highest BCUT2D eigenvalue weighted by atomic mass is 16.2. The lowest BCUT2D eigenvalue weighted by Gasteiger charge is -1.89. The van der Waals surface area contributed by atoms with Crippen molar-refractivity contribution in [1.82, 2.24) is 10.2 Å². The smallest absolute Gasteiger partial charge is 0.249 e. The summed E-state index contributed by atoms with van der Waals surface area (Å²) in [5.41, 5.74) is 0. The first-order valence-electron chi connectivity index (χ1n) is 4.17. The number of imide groups is 1. The van der Waals surface area contributed by atoms with Gasteiger partial charge in [-0.15, -0.1) is 0 Å². The third kappa shape index (κ3) is 7.02. The average molecular weight is 198 g/mol. The van der Waals surface area contributed by atoms with Crippen molar-refractivity contribution in [2.75, 3.05) is 13.1 Å². The van der Waals surface area contributed by atoms with E-state index in [-0.39, 0.29) is 11.8 Å². The molecule has 0 unspecified atom stereocenters. The number of hydrogen-bond acceptors (Lipinski definition) is 3. The molecule has 0 saturated carbocycles. The van der Waals surface area contributed by atoms with E-state index in [0.717, 1.165) is 19.2 Å². The molecule has 14 heavy (non-hydrogen) atoms. The Morgan fingerprint density at radius 1 is 1.29 bits per heavy atom. The summed E-state index contributed by atoms with van der Waals surface area (Å²) >= 11 is 0. The SMILES string of the molecule is C=CC(=O)NC(C)=O.CC(=O)N1CC1. The molecule has 0 atom stereocenters. The second kappa shape index (κ2) is 5.90. The number of carbonyl (C=O) groups excluding carboxylic acids is 3. The molecule has 5 nitrogen and oxygen atoms in total. The Morgan fingerprint density at radius 2 is 1.79 bits per heavy atom. The number of amides is 3. The van der Waals surface area contributed by atoms with Crippen LogP contribution < -0.4 is 5.32 Å². The van der Waals surface area contributed by atoms with Crippen LogP contribution in [0.15, 0.2) is 12.7 Å². The summed E-state index contributed by atoms with van der Waals surface area (Å²) in [6, 6.07) is 0. The second-order valence-electron chi connectivity index (χ2n) is 2.76. The van der Waals surface area contributed by atoms with Crippen molar-refractivity contribution in [1.29, 1.82) is 0 Å². The highest BCUT2D eigenvalue weighted by Gasteiger charge is 2.18. The normalized spacial score (nSPS) is 12.0. The molecule has 1 N–H and O–H groups in total. The molecule has 1 saturated heterocycles. The van der Waals surface area contributed by atoms with E-state index in [1.54, 1.807) is 11.8 Å². The number of nitrogens with zero attached hydrogens (tertiary/aromatic N) is 1. The third-order valence-corrected chi connectivity index (χ3v) is 1.38. The first kappa shape index (κ1) is 12.3. The van der Waals surface area contributed by atoms with E-state index in [4.69, 9.17) is 0 Å². The van der Waals surface area contributed by atoms with Crippen LogP contribution in [0.3, 0.4) is 0 Å². The summed E-state index contributed by atoms with van der Waals surface area (Å²) in [4.78, 5) is 32.1. The average Bonchev–Trinajstić information content (AvgIpc) is 2.85. The van der Waals surface area contributed by atoms with Gasteiger partial charge in [0.05, 0.1) is 0 Å². The highest BCUT2D eigenvalue weighted by Crippen LogP contribution is 2.00.